The van der Waals surface area contributed by atoms with Crippen LogP contribution in [0.15, 0.2) is 30.3 Å². The summed E-state index contributed by atoms with van der Waals surface area (Å²) in [7, 11) is 1.58. The number of carbonyl (C=O) groups excluding carboxylic acids is 4. The van der Waals surface area contributed by atoms with Crippen LogP contribution < -0.4 is 5.32 Å². The van der Waals surface area contributed by atoms with Crippen LogP contribution in [0.4, 0.5) is 0 Å². The maximum Gasteiger partial charge on any atom is 0.309 e. The number of piperidine rings is 1. The molecule has 0 aliphatic carbocycles. The molecule has 1 aromatic rings. The van der Waals surface area contributed by atoms with E-state index in [2.05, 4.69) is 5.32 Å². The second kappa shape index (κ2) is 12.2. The first-order chi connectivity index (χ1) is 15.3. The van der Waals surface area contributed by atoms with E-state index in [0.29, 0.717) is 44.5 Å². The lowest BCUT2D eigenvalue weighted by Crippen LogP contribution is -2.53. The van der Waals surface area contributed by atoms with Gasteiger partial charge in [-0.3, -0.25) is 19.2 Å². The third-order valence-electron chi connectivity index (χ3n) is 6.02. The van der Waals surface area contributed by atoms with Gasteiger partial charge in [0.15, 0.2) is 0 Å². The van der Waals surface area contributed by atoms with E-state index in [1.807, 2.05) is 19.9 Å². The Morgan fingerprint density at radius 1 is 1.12 bits per heavy atom. The number of rotatable bonds is 9. The predicted molar refractivity (Wildman–Crippen MR) is 121 cm³/mol. The molecule has 3 amide bonds. The molecular weight excluding hydrogens is 410 g/mol. The Bertz CT molecular complexity index is 790. The number of esters is 1. The van der Waals surface area contributed by atoms with Gasteiger partial charge in [0.25, 0.3) is 5.91 Å². The summed E-state index contributed by atoms with van der Waals surface area (Å²) >= 11 is 0. The Balaban J connectivity index is 1.95. The lowest BCUT2D eigenvalue weighted by Gasteiger charge is -2.33. The van der Waals surface area contributed by atoms with Gasteiger partial charge in [-0.05, 0) is 37.8 Å². The molecule has 2 rings (SSSR count). The van der Waals surface area contributed by atoms with Crippen LogP contribution in [0.3, 0.4) is 0 Å². The molecule has 2 unspecified atom stereocenters. The molecule has 1 fully saturated rings. The summed E-state index contributed by atoms with van der Waals surface area (Å²) in [5.74, 6) is -1.25. The Labute approximate surface area is 190 Å². The van der Waals surface area contributed by atoms with E-state index in [1.165, 1.54) is 4.90 Å². The van der Waals surface area contributed by atoms with Crippen molar-refractivity contribution in [2.45, 2.75) is 46.1 Å². The van der Waals surface area contributed by atoms with E-state index in [9.17, 15) is 19.2 Å². The maximum atomic E-state index is 13.1. The number of benzene rings is 1. The lowest BCUT2D eigenvalue weighted by atomic mass is 9.96. The van der Waals surface area contributed by atoms with Gasteiger partial charge >= 0.3 is 5.97 Å². The van der Waals surface area contributed by atoms with Gasteiger partial charge in [0.2, 0.25) is 11.8 Å². The van der Waals surface area contributed by atoms with Crippen molar-refractivity contribution in [2.75, 3.05) is 33.3 Å². The third kappa shape index (κ3) is 6.80. The van der Waals surface area contributed by atoms with Gasteiger partial charge in [0.1, 0.15) is 6.04 Å². The highest BCUT2D eigenvalue weighted by molar-refractivity contribution is 5.98. The molecule has 2 atom stereocenters. The largest absolute Gasteiger partial charge is 0.466 e. The SMILES string of the molecule is CCOC(=O)C1CCN(C(=O)CN(C)C(=O)C(NC(=O)c2ccccc2)C(C)CC)CC1. The summed E-state index contributed by atoms with van der Waals surface area (Å²) in [6, 6.07) is 8.03. The number of carbonyl (C=O) groups is 4. The van der Waals surface area contributed by atoms with E-state index >= 15 is 0 Å². The molecule has 0 saturated carbocycles. The molecule has 176 valence electrons. The average molecular weight is 446 g/mol. The zero-order chi connectivity index (χ0) is 23.7. The minimum absolute atomic E-state index is 0.0724. The molecule has 1 aromatic carbocycles. The summed E-state index contributed by atoms with van der Waals surface area (Å²) in [4.78, 5) is 53.4. The monoisotopic (exact) mass is 445 g/mol. The van der Waals surface area contributed by atoms with Crippen LogP contribution >= 0.6 is 0 Å². The smallest absolute Gasteiger partial charge is 0.309 e. The van der Waals surface area contributed by atoms with Crippen LogP contribution in [0.5, 0.6) is 0 Å². The molecule has 1 aliphatic rings. The Morgan fingerprint density at radius 3 is 2.31 bits per heavy atom. The number of nitrogens with one attached hydrogen (secondary N) is 1. The van der Waals surface area contributed by atoms with Crippen LogP contribution in [0.1, 0.15) is 50.4 Å². The maximum absolute atomic E-state index is 13.1. The second-order valence-electron chi connectivity index (χ2n) is 8.30. The van der Waals surface area contributed by atoms with Crippen LogP contribution in [-0.2, 0) is 19.1 Å². The van der Waals surface area contributed by atoms with Crippen molar-refractivity contribution < 1.29 is 23.9 Å². The molecule has 1 saturated heterocycles. The first kappa shape index (κ1) is 25.4. The molecule has 8 nitrogen and oxygen atoms in total. The van der Waals surface area contributed by atoms with Gasteiger partial charge in [-0.1, -0.05) is 38.5 Å². The molecule has 0 aromatic heterocycles. The molecule has 1 heterocycles. The minimum atomic E-state index is -0.722. The highest BCUT2D eigenvalue weighted by Gasteiger charge is 2.32. The highest BCUT2D eigenvalue weighted by atomic mass is 16.5. The van der Waals surface area contributed by atoms with Crippen molar-refractivity contribution in [1.29, 1.82) is 0 Å². The third-order valence-corrected chi connectivity index (χ3v) is 6.02. The summed E-state index contributed by atoms with van der Waals surface area (Å²) in [6.45, 7) is 6.84. The van der Waals surface area contributed by atoms with Crippen molar-refractivity contribution in [1.82, 2.24) is 15.1 Å². The fraction of sp³-hybridized carbons (Fsp3) is 0.583. The summed E-state index contributed by atoms with van der Waals surface area (Å²) < 4.78 is 5.07. The van der Waals surface area contributed by atoms with E-state index in [0.717, 1.165) is 0 Å². The number of hydrogen-bond acceptors (Lipinski definition) is 5. The van der Waals surface area contributed by atoms with Crippen LogP contribution in [0.2, 0.25) is 0 Å². The number of hydrogen-bond donors (Lipinski definition) is 1. The molecule has 0 spiro atoms. The fourth-order valence-electron chi connectivity index (χ4n) is 3.74. The molecule has 0 radical (unpaired) electrons. The first-order valence-electron chi connectivity index (χ1n) is 11.3. The quantitative estimate of drug-likeness (QED) is 0.587. The van der Waals surface area contributed by atoms with E-state index in [1.54, 1.807) is 43.1 Å². The fourth-order valence-corrected chi connectivity index (χ4v) is 3.74. The number of likely N-dealkylation sites (N-methyl/N-ethyl adjacent to an activating group) is 1. The van der Waals surface area contributed by atoms with Gasteiger partial charge < -0.3 is 19.9 Å². The average Bonchev–Trinajstić information content (AvgIpc) is 2.82. The molecule has 0 bridgehead atoms. The standard InChI is InChI=1S/C24H35N3O5/c1-5-17(3)21(25-22(29)18-10-8-7-9-11-18)23(30)26(4)16-20(28)27-14-12-19(13-15-27)24(31)32-6-2/h7-11,17,19,21H,5-6,12-16H2,1-4H3,(H,25,29). The van der Waals surface area contributed by atoms with Crippen molar-refractivity contribution in [2.24, 2.45) is 11.8 Å². The number of amides is 3. The Hall–Kier alpha value is -2.90. The highest BCUT2D eigenvalue weighted by Crippen LogP contribution is 2.19. The Morgan fingerprint density at radius 2 is 1.75 bits per heavy atom. The van der Waals surface area contributed by atoms with E-state index < -0.39 is 6.04 Å². The minimum Gasteiger partial charge on any atom is -0.466 e. The zero-order valence-electron chi connectivity index (χ0n) is 19.5. The van der Waals surface area contributed by atoms with Crippen molar-refractivity contribution >= 4 is 23.7 Å². The van der Waals surface area contributed by atoms with Gasteiger partial charge in [-0.2, -0.15) is 0 Å². The summed E-state index contributed by atoms with van der Waals surface area (Å²) in [6.07, 6.45) is 1.82. The normalized spacial score (nSPS) is 16.1. The van der Waals surface area contributed by atoms with Gasteiger partial charge in [0.05, 0.1) is 19.1 Å². The van der Waals surface area contributed by atoms with Gasteiger partial charge in [0, 0.05) is 25.7 Å². The van der Waals surface area contributed by atoms with Crippen LogP contribution in [0, 0.1) is 11.8 Å². The summed E-state index contributed by atoms with van der Waals surface area (Å²) in [5.41, 5.74) is 0.483. The van der Waals surface area contributed by atoms with Crippen molar-refractivity contribution in [3.05, 3.63) is 35.9 Å². The molecule has 8 heteroatoms. The second-order valence-corrected chi connectivity index (χ2v) is 8.30. The summed E-state index contributed by atoms with van der Waals surface area (Å²) in [5, 5.41) is 2.84. The van der Waals surface area contributed by atoms with Crippen molar-refractivity contribution in [3.63, 3.8) is 0 Å². The van der Waals surface area contributed by atoms with Crippen LogP contribution in [-0.4, -0.2) is 72.8 Å². The van der Waals surface area contributed by atoms with Gasteiger partial charge in [-0.15, -0.1) is 0 Å². The topological polar surface area (TPSA) is 96.0 Å². The molecular formula is C24H35N3O5. The zero-order valence-corrected chi connectivity index (χ0v) is 19.5. The van der Waals surface area contributed by atoms with Crippen LogP contribution in [0.25, 0.3) is 0 Å². The van der Waals surface area contributed by atoms with Gasteiger partial charge in [-0.25, -0.2) is 0 Å². The van der Waals surface area contributed by atoms with E-state index in [4.69, 9.17) is 4.74 Å². The Kier molecular flexibility index (Phi) is 9.68. The van der Waals surface area contributed by atoms with Crippen molar-refractivity contribution in [3.8, 4) is 0 Å². The predicted octanol–water partition coefficient (Wildman–Crippen LogP) is 2.09. The molecule has 32 heavy (non-hydrogen) atoms. The molecule has 1 N–H and O–H groups in total. The number of ether oxygens (including phenoxy) is 1. The lowest BCUT2D eigenvalue weighted by molar-refractivity contribution is -0.151. The molecule has 1 aliphatic heterocycles. The number of nitrogens with zero attached hydrogens (tertiary/aromatic N) is 2. The van der Waals surface area contributed by atoms with E-state index in [-0.39, 0.29) is 42.1 Å². The number of likely N-dealkylation sites (tertiary alicyclic amines) is 1. The first-order valence-corrected chi connectivity index (χ1v) is 11.3.